The molecule has 0 atom stereocenters. The molecule has 0 unspecified atom stereocenters. The number of rotatable bonds is 4. The molecule has 1 N–H and O–H groups in total. The van der Waals surface area contributed by atoms with Crippen LogP contribution in [0.15, 0.2) is 16.9 Å². The normalized spacial score (nSPS) is 10.5. The zero-order valence-electron chi connectivity index (χ0n) is 8.45. The number of nitrogens with zero attached hydrogens (tertiary/aromatic N) is 3. The minimum atomic E-state index is 0.205. The van der Waals surface area contributed by atoms with Crippen molar-refractivity contribution in [3.8, 4) is 0 Å². The van der Waals surface area contributed by atoms with Gasteiger partial charge in [-0.3, -0.25) is 0 Å². The summed E-state index contributed by atoms with van der Waals surface area (Å²) in [6.07, 6.45) is 1.91. The van der Waals surface area contributed by atoms with Crippen LogP contribution in [0.3, 0.4) is 0 Å². The van der Waals surface area contributed by atoms with E-state index in [2.05, 4.69) is 20.4 Å². The summed E-state index contributed by atoms with van der Waals surface area (Å²) in [5.41, 5.74) is 0. The van der Waals surface area contributed by atoms with E-state index in [0.29, 0.717) is 34.7 Å². The standard InChI is InChI=1S/C9H7Cl3N4O/c10-5-3-6(11)9(16-8(5)12)13-2-1-7-14-4-15-17-7/h3-4H,1-2H2,(H,13,16). The molecule has 17 heavy (non-hydrogen) atoms. The van der Waals surface area contributed by atoms with Crippen molar-refractivity contribution in [2.75, 3.05) is 11.9 Å². The number of anilines is 1. The third-order valence-electron chi connectivity index (χ3n) is 1.92. The van der Waals surface area contributed by atoms with Gasteiger partial charge in [-0.05, 0) is 6.07 Å². The minimum absolute atomic E-state index is 0.205. The average Bonchev–Trinajstić information content (AvgIpc) is 2.78. The second-order valence-corrected chi connectivity index (χ2v) is 4.28. The lowest BCUT2D eigenvalue weighted by Gasteiger charge is -2.07. The Balaban J connectivity index is 1.97. The summed E-state index contributed by atoms with van der Waals surface area (Å²) < 4.78 is 4.84. The fourth-order valence-electron chi connectivity index (χ4n) is 1.16. The highest BCUT2D eigenvalue weighted by Gasteiger charge is 2.07. The summed E-state index contributed by atoms with van der Waals surface area (Å²) in [5.74, 6) is 1.01. The van der Waals surface area contributed by atoms with Crippen molar-refractivity contribution in [1.82, 2.24) is 15.1 Å². The van der Waals surface area contributed by atoms with Crippen LogP contribution in [0.5, 0.6) is 0 Å². The van der Waals surface area contributed by atoms with Gasteiger partial charge in [0.05, 0.1) is 10.0 Å². The predicted molar refractivity (Wildman–Crippen MR) is 65.8 cm³/mol. The zero-order chi connectivity index (χ0) is 12.3. The van der Waals surface area contributed by atoms with Crippen LogP contribution in [-0.2, 0) is 6.42 Å². The maximum absolute atomic E-state index is 5.94. The molecule has 2 aromatic heterocycles. The highest BCUT2D eigenvalue weighted by atomic mass is 35.5. The van der Waals surface area contributed by atoms with Crippen molar-refractivity contribution in [3.63, 3.8) is 0 Å². The number of nitrogens with one attached hydrogen (secondary N) is 1. The predicted octanol–water partition coefficient (Wildman–Crippen LogP) is 3.08. The maximum Gasteiger partial charge on any atom is 0.228 e. The van der Waals surface area contributed by atoms with Crippen LogP contribution in [0.25, 0.3) is 0 Å². The first-order chi connectivity index (χ1) is 8.16. The van der Waals surface area contributed by atoms with Crippen LogP contribution in [0.2, 0.25) is 15.2 Å². The highest BCUT2D eigenvalue weighted by Crippen LogP contribution is 2.28. The quantitative estimate of drug-likeness (QED) is 0.878. The molecule has 0 saturated heterocycles. The molecular weight excluding hydrogens is 286 g/mol. The molecule has 0 bridgehead atoms. The molecule has 8 heteroatoms. The van der Waals surface area contributed by atoms with Gasteiger partial charge in [0.2, 0.25) is 5.89 Å². The summed E-state index contributed by atoms with van der Waals surface area (Å²) >= 11 is 17.5. The van der Waals surface area contributed by atoms with Gasteiger partial charge in [0.15, 0.2) is 6.33 Å². The molecule has 2 aromatic rings. The maximum atomic E-state index is 5.94. The van der Waals surface area contributed by atoms with Crippen molar-refractivity contribution in [2.45, 2.75) is 6.42 Å². The zero-order valence-corrected chi connectivity index (χ0v) is 10.7. The first kappa shape index (κ1) is 12.4. The van der Waals surface area contributed by atoms with Crippen molar-refractivity contribution < 1.29 is 4.52 Å². The molecule has 0 spiro atoms. The highest BCUT2D eigenvalue weighted by molar-refractivity contribution is 6.42. The molecule has 0 aliphatic heterocycles. The summed E-state index contributed by atoms with van der Waals surface area (Å²) in [5, 5.41) is 7.43. The van der Waals surface area contributed by atoms with Gasteiger partial charge in [0.1, 0.15) is 11.0 Å². The lowest BCUT2D eigenvalue weighted by molar-refractivity contribution is 0.379. The number of halogens is 3. The van der Waals surface area contributed by atoms with Gasteiger partial charge in [0, 0.05) is 13.0 Å². The largest absolute Gasteiger partial charge is 0.368 e. The van der Waals surface area contributed by atoms with E-state index in [1.54, 1.807) is 0 Å². The Hall–Kier alpha value is -1.04. The van der Waals surface area contributed by atoms with Gasteiger partial charge < -0.3 is 9.84 Å². The number of aromatic nitrogens is 3. The van der Waals surface area contributed by atoms with Gasteiger partial charge in [0.25, 0.3) is 0 Å². The fraction of sp³-hybridized carbons (Fsp3) is 0.222. The molecule has 0 fully saturated rings. The lowest BCUT2D eigenvalue weighted by Crippen LogP contribution is -2.07. The van der Waals surface area contributed by atoms with E-state index in [0.717, 1.165) is 0 Å². The topological polar surface area (TPSA) is 63.8 Å². The van der Waals surface area contributed by atoms with Gasteiger partial charge in [-0.15, -0.1) is 0 Å². The first-order valence-corrected chi connectivity index (χ1v) is 5.81. The summed E-state index contributed by atoms with van der Waals surface area (Å²) in [7, 11) is 0. The average molecular weight is 294 g/mol. The van der Waals surface area contributed by atoms with Crippen LogP contribution in [0.1, 0.15) is 5.89 Å². The molecule has 2 heterocycles. The molecule has 0 aromatic carbocycles. The first-order valence-electron chi connectivity index (χ1n) is 4.68. The Morgan fingerprint density at radius 2 is 2.06 bits per heavy atom. The third-order valence-corrected chi connectivity index (χ3v) is 2.89. The van der Waals surface area contributed by atoms with E-state index in [1.165, 1.54) is 12.4 Å². The number of pyridine rings is 1. The van der Waals surface area contributed by atoms with E-state index in [9.17, 15) is 0 Å². The van der Waals surface area contributed by atoms with Gasteiger partial charge in [-0.1, -0.05) is 40.0 Å². The second-order valence-electron chi connectivity index (χ2n) is 3.10. The van der Waals surface area contributed by atoms with Gasteiger partial charge in [-0.2, -0.15) is 4.98 Å². The molecule has 90 valence electrons. The molecule has 0 radical (unpaired) electrons. The van der Waals surface area contributed by atoms with Crippen LogP contribution < -0.4 is 5.32 Å². The lowest BCUT2D eigenvalue weighted by atomic mass is 10.4. The Morgan fingerprint density at radius 1 is 1.24 bits per heavy atom. The van der Waals surface area contributed by atoms with Crippen LogP contribution in [0.4, 0.5) is 5.82 Å². The van der Waals surface area contributed by atoms with Crippen molar-refractivity contribution in [2.24, 2.45) is 0 Å². The minimum Gasteiger partial charge on any atom is -0.368 e. The molecule has 0 aliphatic carbocycles. The molecule has 0 aliphatic rings. The van der Waals surface area contributed by atoms with E-state index in [1.807, 2.05) is 0 Å². The van der Waals surface area contributed by atoms with Crippen molar-refractivity contribution in [1.29, 1.82) is 0 Å². The van der Waals surface area contributed by atoms with Gasteiger partial charge >= 0.3 is 0 Å². The van der Waals surface area contributed by atoms with E-state index < -0.39 is 0 Å². The smallest absolute Gasteiger partial charge is 0.228 e. The Bertz CT molecular complexity index is 503. The molecule has 0 amide bonds. The van der Waals surface area contributed by atoms with E-state index in [-0.39, 0.29) is 5.15 Å². The monoisotopic (exact) mass is 292 g/mol. The molecular formula is C9H7Cl3N4O. The van der Waals surface area contributed by atoms with Crippen LogP contribution in [-0.4, -0.2) is 21.7 Å². The molecule has 5 nitrogen and oxygen atoms in total. The Morgan fingerprint density at radius 3 is 2.76 bits per heavy atom. The molecule has 2 rings (SSSR count). The Labute approximate surface area is 112 Å². The summed E-state index contributed by atoms with van der Waals surface area (Å²) in [6.45, 7) is 0.548. The SMILES string of the molecule is Clc1cc(Cl)c(NCCc2ncno2)nc1Cl. The number of hydrogen-bond acceptors (Lipinski definition) is 5. The summed E-state index contributed by atoms with van der Waals surface area (Å²) in [6, 6.07) is 1.54. The van der Waals surface area contributed by atoms with E-state index >= 15 is 0 Å². The number of hydrogen-bond donors (Lipinski definition) is 1. The molecule has 0 saturated carbocycles. The fourth-order valence-corrected chi connectivity index (χ4v) is 1.73. The van der Waals surface area contributed by atoms with Crippen molar-refractivity contribution >= 4 is 40.6 Å². The Kier molecular flexibility index (Phi) is 4.04. The van der Waals surface area contributed by atoms with Crippen molar-refractivity contribution in [3.05, 3.63) is 33.5 Å². The van der Waals surface area contributed by atoms with Crippen LogP contribution >= 0.6 is 34.8 Å². The van der Waals surface area contributed by atoms with Gasteiger partial charge in [-0.25, -0.2) is 4.98 Å². The third kappa shape index (κ3) is 3.21. The summed E-state index contributed by atoms with van der Waals surface area (Å²) in [4.78, 5) is 7.90. The second kappa shape index (κ2) is 5.53. The van der Waals surface area contributed by atoms with E-state index in [4.69, 9.17) is 39.3 Å². The van der Waals surface area contributed by atoms with Crippen LogP contribution in [0, 0.1) is 0 Å².